The Kier molecular flexibility index (Phi) is 5.87. The van der Waals surface area contributed by atoms with Crippen LogP contribution < -0.4 is 0 Å². The highest BCUT2D eigenvalue weighted by molar-refractivity contribution is 6.74. The second-order valence-electron chi connectivity index (χ2n) is 7.19. The highest BCUT2D eigenvalue weighted by Crippen LogP contribution is 2.37. The van der Waals surface area contributed by atoms with E-state index in [4.69, 9.17) is 4.43 Å². The third kappa shape index (κ3) is 4.88. The van der Waals surface area contributed by atoms with Gasteiger partial charge >= 0.3 is 0 Å². The van der Waals surface area contributed by atoms with Crippen LogP contribution in [0.1, 0.15) is 34.6 Å². The highest BCUT2D eigenvalue weighted by atomic mass is 28.4. The van der Waals surface area contributed by atoms with Crippen LogP contribution >= 0.6 is 0 Å². The van der Waals surface area contributed by atoms with Gasteiger partial charge in [0.15, 0.2) is 8.32 Å². The Balaban J connectivity index is 2.80. The molecule has 2 atom stereocenters. The Morgan fingerprint density at radius 3 is 2.14 bits per heavy atom. The Morgan fingerprint density at radius 1 is 1.18 bits per heavy atom. The van der Waals surface area contributed by atoms with Gasteiger partial charge in [-0.2, -0.15) is 0 Å². The van der Waals surface area contributed by atoms with Gasteiger partial charge < -0.3 is 9.63 Å². The zero-order valence-electron chi connectivity index (χ0n) is 14.6. The van der Waals surface area contributed by atoms with Gasteiger partial charge in [-0.05, 0) is 49.2 Å². The molecule has 1 aromatic carbocycles. The lowest BCUT2D eigenvalue weighted by molar-refractivity contribution is -0.447. The smallest absolute Gasteiger partial charge is 0.244 e. The molecule has 0 bridgehead atoms. The lowest BCUT2D eigenvalue weighted by Crippen LogP contribution is -2.45. The largest absolute Gasteiger partial charge is 0.594 e. The van der Waals surface area contributed by atoms with E-state index >= 15 is 0 Å². The Hall–Kier alpha value is -1.27. The second kappa shape index (κ2) is 6.87. The molecule has 0 heterocycles. The number of hydrogen-bond donors (Lipinski definition) is 0. The van der Waals surface area contributed by atoms with Crippen molar-refractivity contribution >= 4 is 14.0 Å². The molecular formula is C16H27FN2O2Si. The van der Waals surface area contributed by atoms with Crippen molar-refractivity contribution in [3.8, 4) is 0 Å². The van der Waals surface area contributed by atoms with Crippen molar-refractivity contribution in [3.63, 3.8) is 0 Å². The molecule has 6 heteroatoms. The molecule has 1 rings (SSSR count). The van der Waals surface area contributed by atoms with Crippen molar-refractivity contribution in [3.05, 3.63) is 35.3 Å². The fraction of sp³-hybridized carbons (Fsp3) is 0.625. The molecular weight excluding hydrogens is 299 g/mol. The monoisotopic (exact) mass is 326 g/mol. The molecule has 0 aliphatic rings. The summed E-state index contributed by atoms with van der Waals surface area (Å²) in [5, 5.41) is 16.2. The van der Waals surface area contributed by atoms with E-state index in [0.717, 1.165) is 0 Å². The van der Waals surface area contributed by atoms with Gasteiger partial charge in [0.1, 0.15) is 11.9 Å². The van der Waals surface area contributed by atoms with Gasteiger partial charge in [-0.3, -0.25) is 0 Å². The molecule has 22 heavy (non-hydrogen) atoms. The van der Waals surface area contributed by atoms with Crippen LogP contribution in [0.3, 0.4) is 0 Å². The van der Waals surface area contributed by atoms with Crippen LogP contribution in [0.2, 0.25) is 18.1 Å². The van der Waals surface area contributed by atoms with E-state index in [1.807, 2.05) is 13.8 Å². The third-order valence-corrected chi connectivity index (χ3v) is 8.87. The molecule has 0 aliphatic carbocycles. The molecule has 0 N–H and O–H groups in total. The van der Waals surface area contributed by atoms with Crippen LogP contribution in [-0.2, 0) is 4.43 Å². The van der Waals surface area contributed by atoms with E-state index in [1.54, 1.807) is 0 Å². The van der Waals surface area contributed by atoms with Gasteiger partial charge in [0.25, 0.3) is 0 Å². The van der Waals surface area contributed by atoms with E-state index < -0.39 is 8.32 Å². The quantitative estimate of drug-likeness (QED) is 0.322. The first-order valence-electron chi connectivity index (χ1n) is 7.55. The van der Waals surface area contributed by atoms with Gasteiger partial charge in [-0.25, -0.2) is 4.39 Å². The molecule has 0 saturated carbocycles. The molecule has 0 radical (unpaired) electrons. The highest BCUT2D eigenvalue weighted by Gasteiger charge is 2.39. The van der Waals surface area contributed by atoms with Crippen LogP contribution in [0.5, 0.6) is 0 Å². The molecule has 0 fully saturated rings. The summed E-state index contributed by atoms with van der Waals surface area (Å²) in [6, 6.07) is 5.04. The zero-order chi connectivity index (χ0) is 17.1. The fourth-order valence-corrected chi connectivity index (χ4v) is 3.11. The number of hydrogen-bond acceptors (Lipinski definition) is 3. The summed E-state index contributed by atoms with van der Waals surface area (Å²) in [4.78, 5) is 0.537. The van der Waals surface area contributed by atoms with Crippen molar-refractivity contribution in [2.24, 2.45) is 5.11 Å². The predicted octanol–water partition coefficient (Wildman–Crippen LogP) is 5.22. The summed E-state index contributed by atoms with van der Waals surface area (Å²) in [5.41, 5.74) is 0.313. The van der Waals surface area contributed by atoms with E-state index in [2.05, 4.69) is 39.0 Å². The van der Waals surface area contributed by atoms with E-state index in [-0.39, 0.29) is 23.0 Å². The van der Waals surface area contributed by atoms with Crippen LogP contribution in [0.15, 0.2) is 29.4 Å². The minimum atomic E-state index is -1.90. The van der Waals surface area contributed by atoms with Gasteiger partial charge in [-0.1, -0.05) is 25.6 Å². The summed E-state index contributed by atoms with van der Waals surface area (Å²) in [6.45, 7) is 14.7. The average Bonchev–Trinajstić information content (AvgIpc) is 2.37. The molecule has 0 spiro atoms. The molecule has 4 nitrogen and oxygen atoms in total. The Labute approximate surface area is 133 Å². The average molecular weight is 326 g/mol. The van der Waals surface area contributed by atoms with Crippen LogP contribution in [0.25, 0.3) is 0 Å². The molecule has 124 valence electrons. The van der Waals surface area contributed by atoms with Gasteiger partial charge in [-0.15, -0.1) is 0 Å². The Bertz CT molecular complexity index is 524. The van der Waals surface area contributed by atoms with Crippen molar-refractivity contribution in [1.29, 1.82) is 0 Å². The second-order valence-corrected chi connectivity index (χ2v) is 11.9. The minimum Gasteiger partial charge on any atom is -0.594 e. The normalized spacial score (nSPS) is 16.5. The van der Waals surface area contributed by atoms with E-state index in [1.165, 1.54) is 24.3 Å². The summed E-state index contributed by atoms with van der Waals surface area (Å²) in [6.07, 6.45) is -0.155. The number of benzene rings is 1. The maximum Gasteiger partial charge on any atom is 0.244 e. The molecule has 0 aliphatic heterocycles. The first-order valence-corrected chi connectivity index (χ1v) is 10.5. The third-order valence-electron chi connectivity index (χ3n) is 4.30. The molecule has 0 unspecified atom stereocenters. The molecule has 1 aromatic rings. The van der Waals surface area contributed by atoms with Crippen molar-refractivity contribution in [1.82, 2.24) is 0 Å². The standard InChI is InChI=1S/C16H27FN2O2Si/c1-12(13(2)21-22(6,7)16(3,4)5)18-19(20)15-10-8-14(17)9-11-15/h8-13H,1-7H3/t12-,13+/m0/s1. The lowest BCUT2D eigenvalue weighted by atomic mass is 10.2. The predicted molar refractivity (Wildman–Crippen MR) is 89.3 cm³/mol. The summed E-state index contributed by atoms with van der Waals surface area (Å²) >= 11 is 0. The van der Waals surface area contributed by atoms with E-state index in [9.17, 15) is 9.60 Å². The lowest BCUT2D eigenvalue weighted by Gasteiger charge is -2.38. The van der Waals surface area contributed by atoms with Gasteiger partial charge in [0.05, 0.1) is 6.10 Å². The fourth-order valence-electron chi connectivity index (χ4n) is 1.63. The first-order chi connectivity index (χ1) is 9.94. The van der Waals surface area contributed by atoms with Crippen molar-refractivity contribution < 1.29 is 13.7 Å². The number of rotatable bonds is 5. The molecule has 0 amide bonds. The SMILES string of the molecule is C[C@H](N=[N+]([O-])c1ccc(F)cc1)[C@@H](C)O[Si](C)(C)C(C)(C)C. The zero-order valence-corrected chi connectivity index (χ0v) is 15.6. The van der Waals surface area contributed by atoms with E-state index in [0.29, 0.717) is 10.5 Å². The number of halogens is 1. The van der Waals surface area contributed by atoms with Crippen molar-refractivity contribution in [2.75, 3.05) is 0 Å². The van der Waals surface area contributed by atoms with Crippen LogP contribution in [0, 0.1) is 11.0 Å². The van der Waals surface area contributed by atoms with Gasteiger partial charge in [0.2, 0.25) is 5.69 Å². The molecule has 0 aromatic heterocycles. The first kappa shape index (κ1) is 18.8. The maximum atomic E-state index is 12.9. The van der Waals surface area contributed by atoms with Crippen molar-refractivity contribution in [2.45, 2.75) is 64.9 Å². The molecule has 0 saturated heterocycles. The maximum absolute atomic E-state index is 12.9. The summed E-state index contributed by atoms with van der Waals surface area (Å²) < 4.78 is 19.1. The van der Waals surface area contributed by atoms with Crippen LogP contribution in [-0.4, -0.2) is 25.3 Å². The van der Waals surface area contributed by atoms with Gasteiger partial charge in [0, 0.05) is 12.1 Å². The summed E-state index contributed by atoms with van der Waals surface area (Å²) in [7, 11) is -1.90. The topological polar surface area (TPSA) is 47.7 Å². The number of nitrogens with zero attached hydrogens (tertiary/aromatic N) is 2. The number of azo groups is 1. The minimum absolute atomic E-state index is 0.106. The van der Waals surface area contributed by atoms with Crippen LogP contribution in [0.4, 0.5) is 10.1 Å². The summed E-state index contributed by atoms with van der Waals surface area (Å²) in [5.74, 6) is -0.375. The Morgan fingerprint density at radius 2 is 1.68 bits per heavy atom.